The summed E-state index contributed by atoms with van der Waals surface area (Å²) in [4.78, 5) is 11.2. The van der Waals surface area contributed by atoms with Crippen LogP contribution in [0.25, 0.3) is 0 Å². The van der Waals surface area contributed by atoms with Crippen molar-refractivity contribution in [1.82, 2.24) is 5.32 Å². The molecule has 1 amide bonds. The summed E-state index contributed by atoms with van der Waals surface area (Å²) in [5.41, 5.74) is 1.06. The Morgan fingerprint density at radius 2 is 2.00 bits per heavy atom. The Morgan fingerprint density at radius 3 is 2.50 bits per heavy atom. The van der Waals surface area contributed by atoms with Crippen molar-refractivity contribution in [1.29, 1.82) is 0 Å². The lowest BCUT2D eigenvalue weighted by Gasteiger charge is -2.16. The molecule has 0 aliphatic heterocycles. The van der Waals surface area contributed by atoms with Crippen LogP contribution in [0.2, 0.25) is 0 Å². The monoisotopic (exact) mass is 209 g/mol. The van der Waals surface area contributed by atoms with E-state index in [0.717, 1.165) is 12.8 Å². The zero-order valence-corrected chi connectivity index (χ0v) is 8.55. The van der Waals surface area contributed by atoms with Gasteiger partial charge >= 0.3 is 0 Å². The average molecular weight is 210 g/mol. The first-order valence-corrected chi connectivity index (χ1v) is 5.23. The third kappa shape index (κ3) is 1.75. The standard InChI is InChI=1S/C11H12ClNO/c12-8-10(14)13-11(6-7-11)9-4-2-1-3-5-9/h1-5H,6-8H2,(H,13,14). The molecule has 74 valence electrons. The summed E-state index contributed by atoms with van der Waals surface area (Å²) in [6.45, 7) is 0. The van der Waals surface area contributed by atoms with Crippen LogP contribution in [0.15, 0.2) is 30.3 Å². The van der Waals surface area contributed by atoms with Gasteiger partial charge in [-0.3, -0.25) is 4.79 Å². The van der Waals surface area contributed by atoms with Gasteiger partial charge in [0.15, 0.2) is 0 Å². The van der Waals surface area contributed by atoms with Gasteiger partial charge in [-0.1, -0.05) is 30.3 Å². The molecule has 1 fully saturated rings. The van der Waals surface area contributed by atoms with E-state index in [0.29, 0.717) is 0 Å². The lowest BCUT2D eigenvalue weighted by atomic mass is 10.1. The van der Waals surface area contributed by atoms with Gasteiger partial charge in [-0.2, -0.15) is 0 Å². The molecule has 0 heterocycles. The highest BCUT2D eigenvalue weighted by Crippen LogP contribution is 2.45. The number of carbonyl (C=O) groups is 1. The quantitative estimate of drug-likeness (QED) is 0.759. The van der Waals surface area contributed by atoms with Crippen LogP contribution < -0.4 is 5.32 Å². The summed E-state index contributed by atoms with van der Waals surface area (Å²) in [6, 6.07) is 10.0. The van der Waals surface area contributed by atoms with E-state index < -0.39 is 0 Å². The van der Waals surface area contributed by atoms with Gasteiger partial charge in [0.1, 0.15) is 5.88 Å². The van der Waals surface area contributed by atoms with Crippen molar-refractivity contribution >= 4 is 17.5 Å². The van der Waals surface area contributed by atoms with Crippen LogP contribution in [0.4, 0.5) is 0 Å². The number of carbonyl (C=O) groups excluding carboxylic acids is 1. The van der Waals surface area contributed by atoms with Gasteiger partial charge in [0, 0.05) is 0 Å². The van der Waals surface area contributed by atoms with Gasteiger partial charge in [0.2, 0.25) is 5.91 Å². The second-order valence-corrected chi connectivity index (χ2v) is 3.90. The molecule has 1 aliphatic rings. The van der Waals surface area contributed by atoms with Crippen molar-refractivity contribution in [3.05, 3.63) is 35.9 Å². The molecule has 3 heteroatoms. The van der Waals surface area contributed by atoms with Gasteiger partial charge < -0.3 is 5.32 Å². The molecule has 2 rings (SSSR count). The zero-order valence-electron chi connectivity index (χ0n) is 7.79. The number of alkyl halides is 1. The molecule has 0 unspecified atom stereocenters. The fourth-order valence-corrected chi connectivity index (χ4v) is 1.74. The molecule has 0 radical (unpaired) electrons. The summed E-state index contributed by atoms with van der Waals surface area (Å²) < 4.78 is 0. The first-order chi connectivity index (χ1) is 6.77. The van der Waals surface area contributed by atoms with E-state index in [4.69, 9.17) is 11.6 Å². The van der Waals surface area contributed by atoms with Gasteiger partial charge in [0.05, 0.1) is 5.54 Å². The van der Waals surface area contributed by atoms with E-state index in [1.165, 1.54) is 5.56 Å². The number of nitrogens with one attached hydrogen (secondary N) is 1. The van der Waals surface area contributed by atoms with Gasteiger partial charge in [-0.25, -0.2) is 0 Å². The number of benzene rings is 1. The number of hydrogen-bond acceptors (Lipinski definition) is 1. The predicted molar refractivity (Wildman–Crippen MR) is 56.2 cm³/mol. The maximum absolute atomic E-state index is 11.2. The van der Waals surface area contributed by atoms with Crippen LogP contribution >= 0.6 is 11.6 Å². The first-order valence-electron chi connectivity index (χ1n) is 4.69. The highest BCUT2D eigenvalue weighted by molar-refractivity contribution is 6.27. The molecule has 0 spiro atoms. The Balaban J connectivity index is 2.14. The molecule has 0 saturated heterocycles. The Labute approximate surface area is 88.3 Å². The van der Waals surface area contributed by atoms with E-state index in [2.05, 4.69) is 5.32 Å². The lowest BCUT2D eigenvalue weighted by Crippen LogP contribution is -2.35. The molecular weight excluding hydrogens is 198 g/mol. The van der Waals surface area contributed by atoms with Crippen molar-refractivity contribution < 1.29 is 4.79 Å². The summed E-state index contributed by atoms with van der Waals surface area (Å²) in [5, 5.41) is 2.96. The number of hydrogen-bond donors (Lipinski definition) is 1. The summed E-state index contributed by atoms with van der Waals surface area (Å²) >= 11 is 5.46. The predicted octanol–water partition coefficient (Wildman–Crippen LogP) is 2.03. The van der Waals surface area contributed by atoms with E-state index in [9.17, 15) is 4.79 Å². The second kappa shape index (κ2) is 3.62. The van der Waals surface area contributed by atoms with Crippen molar-refractivity contribution in [2.24, 2.45) is 0 Å². The highest BCUT2D eigenvalue weighted by atomic mass is 35.5. The lowest BCUT2D eigenvalue weighted by molar-refractivity contribution is -0.119. The number of halogens is 1. The third-order valence-electron chi connectivity index (χ3n) is 2.58. The van der Waals surface area contributed by atoms with E-state index in [1.54, 1.807) is 0 Å². The topological polar surface area (TPSA) is 29.1 Å². The molecule has 14 heavy (non-hydrogen) atoms. The molecule has 1 aliphatic carbocycles. The Kier molecular flexibility index (Phi) is 2.46. The highest BCUT2D eigenvalue weighted by Gasteiger charge is 2.45. The Bertz CT molecular complexity index is 332. The Hall–Kier alpha value is -1.02. The first kappa shape index (κ1) is 9.53. The van der Waals surface area contributed by atoms with Crippen molar-refractivity contribution in [2.75, 3.05) is 5.88 Å². The number of amides is 1. The summed E-state index contributed by atoms with van der Waals surface area (Å²) in [6.07, 6.45) is 2.03. The van der Waals surface area contributed by atoms with Crippen LogP contribution in [0.3, 0.4) is 0 Å². The van der Waals surface area contributed by atoms with E-state index in [-0.39, 0.29) is 17.3 Å². The van der Waals surface area contributed by atoms with Crippen molar-refractivity contribution in [3.63, 3.8) is 0 Å². The van der Waals surface area contributed by atoms with Crippen LogP contribution in [-0.2, 0) is 10.3 Å². The minimum Gasteiger partial charge on any atom is -0.346 e. The summed E-state index contributed by atoms with van der Waals surface area (Å²) in [5.74, 6) is -0.0535. The molecule has 0 aromatic heterocycles. The molecule has 1 aromatic carbocycles. The van der Waals surface area contributed by atoms with Crippen molar-refractivity contribution in [3.8, 4) is 0 Å². The van der Waals surface area contributed by atoms with E-state index >= 15 is 0 Å². The Morgan fingerprint density at radius 1 is 1.36 bits per heavy atom. The minimum absolute atomic E-state index is 0.0363. The maximum Gasteiger partial charge on any atom is 0.235 e. The van der Waals surface area contributed by atoms with Crippen LogP contribution in [0.5, 0.6) is 0 Å². The van der Waals surface area contributed by atoms with Crippen LogP contribution in [0.1, 0.15) is 18.4 Å². The molecule has 1 N–H and O–H groups in total. The van der Waals surface area contributed by atoms with E-state index in [1.807, 2.05) is 30.3 Å². The third-order valence-corrected chi connectivity index (χ3v) is 2.82. The largest absolute Gasteiger partial charge is 0.346 e. The van der Waals surface area contributed by atoms with Crippen LogP contribution in [0, 0.1) is 0 Å². The van der Waals surface area contributed by atoms with Gasteiger partial charge in [-0.05, 0) is 18.4 Å². The molecule has 1 saturated carbocycles. The van der Waals surface area contributed by atoms with Gasteiger partial charge in [-0.15, -0.1) is 11.6 Å². The summed E-state index contributed by atoms with van der Waals surface area (Å²) in [7, 11) is 0. The smallest absolute Gasteiger partial charge is 0.235 e. The normalized spacial score (nSPS) is 17.5. The molecule has 2 nitrogen and oxygen atoms in total. The van der Waals surface area contributed by atoms with Crippen molar-refractivity contribution in [2.45, 2.75) is 18.4 Å². The molecular formula is C11H12ClNO. The SMILES string of the molecule is O=C(CCl)NC1(c2ccccc2)CC1. The fourth-order valence-electron chi connectivity index (χ4n) is 1.67. The second-order valence-electron chi connectivity index (χ2n) is 3.63. The van der Waals surface area contributed by atoms with Crippen LogP contribution in [-0.4, -0.2) is 11.8 Å². The van der Waals surface area contributed by atoms with Gasteiger partial charge in [0.25, 0.3) is 0 Å². The fraction of sp³-hybridized carbons (Fsp3) is 0.364. The molecule has 0 atom stereocenters. The minimum atomic E-state index is -0.118. The average Bonchev–Trinajstić information content (AvgIpc) is 3.00. The zero-order chi connectivity index (χ0) is 10.0. The molecule has 0 bridgehead atoms. The maximum atomic E-state index is 11.2. The number of rotatable bonds is 3. The molecule has 1 aromatic rings.